The minimum Gasteiger partial charge on any atom is -0.507 e. The molecule has 0 saturated heterocycles. The standard InChI is InChI=1S/C15H16O6/c1-4-20-14(17)8(2)12-6-9-5-10(19-3)7-11(16)13(9)15(18)21-12/h5-8,16H,4H2,1-3H3. The van der Waals surface area contributed by atoms with Crippen molar-refractivity contribution >= 4 is 16.7 Å². The van der Waals surface area contributed by atoms with Crippen molar-refractivity contribution in [2.45, 2.75) is 19.8 Å². The fraction of sp³-hybridized carbons (Fsp3) is 0.333. The van der Waals surface area contributed by atoms with Crippen molar-refractivity contribution in [3.05, 3.63) is 34.4 Å². The average molecular weight is 292 g/mol. The lowest BCUT2D eigenvalue weighted by Crippen LogP contribution is -2.15. The molecule has 2 aromatic rings. The largest absolute Gasteiger partial charge is 0.507 e. The number of rotatable bonds is 4. The quantitative estimate of drug-likeness (QED) is 0.869. The number of benzene rings is 1. The molecule has 1 aromatic carbocycles. The molecule has 0 bridgehead atoms. The first kappa shape index (κ1) is 14.9. The van der Waals surface area contributed by atoms with Gasteiger partial charge in [-0.2, -0.15) is 0 Å². The van der Waals surface area contributed by atoms with E-state index in [1.54, 1.807) is 19.9 Å². The van der Waals surface area contributed by atoms with Crippen molar-refractivity contribution in [1.29, 1.82) is 0 Å². The van der Waals surface area contributed by atoms with Gasteiger partial charge in [-0.15, -0.1) is 0 Å². The second-order valence-electron chi connectivity index (χ2n) is 4.52. The van der Waals surface area contributed by atoms with Crippen LogP contribution in [0.1, 0.15) is 25.5 Å². The number of hydrogen-bond donors (Lipinski definition) is 1. The number of phenols is 1. The molecule has 112 valence electrons. The zero-order valence-electron chi connectivity index (χ0n) is 12.0. The molecular weight excluding hydrogens is 276 g/mol. The third kappa shape index (κ3) is 2.84. The van der Waals surface area contributed by atoms with Gasteiger partial charge in [0, 0.05) is 6.07 Å². The van der Waals surface area contributed by atoms with Gasteiger partial charge >= 0.3 is 11.6 Å². The first-order chi connectivity index (χ1) is 9.97. The summed E-state index contributed by atoms with van der Waals surface area (Å²) in [4.78, 5) is 23.7. The van der Waals surface area contributed by atoms with Crippen molar-refractivity contribution in [2.75, 3.05) is 13.7 Å². The Morgan fingerprint density at radius 2 is 2.10 bits per heavy atom. The molecule has 6 nitrogen and oxygen atoms in total. The van der Waals surface area contributed by atoms with Crippen molar-refractivity contribution < 1.29 is 23.8 Å². The second-order valence-corrected chi connectivity index (χ2v) is 4.52. The molecule has 0 radical (unpaired) electrons. The highest BCUT2D eigenvalue weighted by atomic mass is 16.5. The van der Waals surface area contributed by atoms with Crippen LogP contribution in [0.2, 0.25) is 0 Å². The van der Waals surface area contributed by atoms with E-state index in [4.69, 9.17) is 13.9 Å². The van der Waals surface area contributed by atoms with Crippen molar-refractivity contribution in [2.24, 2.45) is 0 Å². The minimum atomic E-state index is -0.713. The van der Waals surface area contributed by atoms with Gasteiger partial charge in [-0.05, 0) is 31.4 Å². The molecule has 1 atom stereocenters. The van der Waals surface area contributed by atoms with Crippen LogP contribution in [0.4, 0.5) is 0 Å². The van der Waals surface area contributed by atoms with Crippen LogP contribution in [0.3, 0.4) is 0 Å². The van der Waals surface area contributed by atoms with Crippen LogP contribution in [0, 0.1) is 0 Å². The van der Waals surface area contributed by atoms with Crippen LogP contribution in [0.25, 0.3) is 10.8 Å². The van der Waals surface area contributed by atoms with Gasteiger partial charge in [-0.25, -0.2) is 4.79 Å². The van der Waals surface area contributed by atoms with E-state index in [-0.39, 0.29) is 23.5 Å². The molecule has 6 heteroatoms. The summed E-state index contributed by atoms with van der Waals surface area (Å²) >= 11 is 0. The molecule has 0 amide bonds. The van der Waals surface area contributed by atoms with E-state index in [1.165, 1.54) is 19.2 Å². The summed E-state index contributed by atoms with van der Waals surface area (Å²) in [5.41, 5.74) is -0.709. The number of esters is 1. The summed E-state index contributed by atoms with van der Waals surface area (Å²) in [6.45, 7) is 3.53. The molecular formula is C15H16O6. The van der Waals surface area contributed by atoms with Gasteiger partial charge in [0.25, 0.3) is 0 Å². The van der Waals surface area contributed by atoms with Crippen LogP contribution in [-0.2, 0) is 9.53 Å². The van der Waals surface area contributed by atoms with E-state index >= 15 is 0 Å². The number of hydrogen-bond acceptors (Lipinski definition) is 6. The Morgan fingerprint density at radius 3 is 2.71 bits per heavy atom. The molecule has 2 rings (SSSR count). The lowest BCUT2D eigenvalue weighted by molar-refractivity contribution is -0.144. The first-order valence-electron chi connectivity index (χ1n) is 6.49. The van der Waals surface area contributed by atoms with E-state index < -0.39 is 17.5 Å². The Kier molecular flexibility index (Phi) is 4.16. The van der Waals surface area contributed by atoms with Crippen molar-refractivity contribution in [1.82, 2.24) is 0 Å². The number of aromatic hydroxyl groups is 1. The van der Waals surface area contributed by atoms with E-state index in [0.29, 0.717) is 11.1 Å². The number of phenolic OH excluding ortho intramolecular Hbond substituents is 1. The molecule has 0 spiro atoms. The Morgan fingerprint density at radius 1 is 1.38 bits per heavy atom. The summed E-state index contributed by atoms with van der Waals surface area (Å²) in [6, 6.07) is 4.45. The van der Waals surface area contributed by atoms with Crippen LogP contribution in [-0.4, -0.2) is 24.8 Å². The molecule has 21 heavy (non-hydrogen) atoms. The highest BCUT2D eigenvalue weighted by Crippen LogP contribution is 2.30. The number of carbonyl (C=O) groups excluding carboxylic acids is 1. The molecule has 0 saturated carbocycles. The molecule has 0 aliphatic rings. The SMILES string of the molecule is CCOC(=O)C(C)c1cc2cc(OC)cc(O)c2c(=O)o1. The fourth-order valence-electron chi connectivity index (χ4n) is 2.01. The predicted molar refractivity (Wildman–Crippen MR) is 75.7 cm³/mol. The smallest absolute Gasteiger partial charge is 0.347 e. The molecule has 0 fully saturated rings. The Labute approximate surface area is 120 Å². The monoisotopic (exact) mass is 292 g/mol. The lowest BCUT2D eigenvalue weighted by atomic mass is 10.1. The van der Waals surface area contributed by atoms with E-state index in [9.17, 15) is 14.7 Å². The third-order valence-corrected chi connectivity index (χ3v) is 3.14. The van der Waals surface area contributed by atoms with Gasteiger partial charge in [0.05, 0.1) is 13.7 Å². The zero-order valence-corrected chi connectivity index (χ0v) is 12.0. The molecule has 1 unspecified atom stereocenters. The second kappa shape index (κ2) is 5.87. The molecule has 1 aromatic heterocycles. The topological polar surface area (TPSA) is 86.0 Å². The van der Waals surface area contributed by atoms with Crippen molar-refractivity contribution in [3.63, 3.8) is 0 Å². The van der Waals surface area contributed by atoms with Gasteiger partial charge in [0.2, 0.25) is 0 Å². The lowest BCUT2D eigenvalue weighted by Gasteiger charge is -2.11. The predicted octanol–water partition coefficient (Wildman–Crippen LogP) is 2.17. The highest BCUT2D eigenvalue weighted by Gasteiger charge is 2.21. The maximum atomic E-state index is 12.0. The maximum absolute atomic E-state index is 12.0. The van der Waals surface area contributed by atoms with Crippen LogP contribution >= 0.6 is 0 Å². The molecule has 1 N–H and O–H groups in total. The average Bonchev–Trinajstić information content (AvgIpc) is 2.45. The van der Waals surface area contributed by atoms with Gasteiger partial charge in [0.1, 0.15) is 28.6 Å². The number of carbonyl (C=O) groups is 1. The Hall–Kier alpha value is -2.50. The van der Waals surface area contributed by atoms with E-state index in [0.717, 1.165) is 0 Å². The third-order valence-electron chi connectivity index (χ3n) is 3.14. The van der Waals surface area contributed by atoms with Crippen LogP contribution in [0.15, 0.2) is 27.4 Å². The maximum Gasteiger partial charge on any atom is 0.347 e. The zero-order chi connectivity index (χ0) is 15.6. The summed E-state index contributed by atoms with van der Waals surface area (Å²) in [5.74, 6) is -0.838. The fourth-order valence-corrected chi connectivity index (χ4v) is 2.01. The van der Waals surface area contributed by atoms with Crippen LogP contribution < -0.4 is 10.4 Å². The summed E-state index contributed by atoms with van der Waals surface area (Å²) < 4.78 is 15.1. The minimum absolute atomic E-state index is 0.0515. The first-order valence-corrected chi connectivity index (χ1v) is 6.49. The summed E-state index contributed by atoms with van der Waals surface area (Å²) in [5, 5.41) is 10.3. The Bertz CT molecular complexity index is 731. The van der Waals surface area contributed by atoms with Gasteiger partial charge < -0.3 is 19.0 Å². The summed E-state index contributed by atoms with van der Waals surface area (Å²) in [6.07, 6.45) is 0. The van der Waals surface area contributed by atoms with E-state index in [2.05, 4.69) is 0 Å². The highest BCUT2D eigenvalue weighted by molar-refractivity contribution is 5.89. The van der Waals surface area contributed by atoms with Gasteiger partial charge in [-0.1, -0.05) is 0 Å². The van der Waals surface area contributed by atoms with Crippen molar-refractivity contribution in [3.8, 4) is 11.5 Å². The number of methoxy groups -OCH3 is 1. The number of ether oxygens (including phenoxy) is 2. The Balaban J connectivity index is 2.58. The van der Waals surface area contributed by atoms with Gasteiger partial charge in [-0.3, -0.25) is 4.79 Å². The van der Waals surface area contributed by atoms with Crippen LogP contribution in [0.5, 0.6) is 11.5 Å². The van der Waals surface area contributed by atoms with Gasteiger partial charge in [0.15, 0.2) is 0 Å². The number of fused-ring (bicyclic) bond motifs is 1. The summed E-state index contributed by atoms with van der Waals surface area (Å²) in [7, 11) is 1.45. The van der Waals surface area contributed by atoms with E-state index in [1.807, 2.05) is 0 Å². The normalized spacial score (nSPS) is 12.1. The molecule has 0 aliphatic carbocycles. The molecule has 1 heterocycles. The molecule has 0 aliphatic heterocycles.